The average Bonchev–Trinajstić information content (AvgIpc) is 2.78. The predicted molar refractivity (Wildman–Crippen MR) is 79.7 cm³/mol. The van der Waals surface area contributed by atoms with Gasteiger partial charge in [-0.2, -0.15) is 0 Å². The summed E-state index contributed by atoms with van der Waals surface area (Å²) >= 11 is 12.2. The minimum atomic E-state index is 0.159. The number of likely N-dealkylation sites (N-methyl/N-ethyl adjacent to an activating group) is 1. The molecule has 0 bridgehead atoms. The van der Waals surface area contributed by atoms with Crippen molar-refractivity contribution in [1.82, 2.24) is 4.90 Å². The topological polar surface area (TPSA) is 3.24 Å². The molecule has 0 aromatic heterocycles. The number of halogens is 2. The summed E-state index contributed by atoms with van der Waals surface area (Å²) in [6, 6.07) is 6.03. The summed E-state index contributed by atoms with van der Waals surface area (Å²) in [5, 5.41) is 1.27. The Balaban J connectivity index is 2.35. The van der Waals surface area contributed by atoms with Crippen molar-refractivity contribution in [3.8, 4) is 0 Å². The highest BCUT2D eigenvalue weighted by atomic mass is 35.5. The molecule has 0 saturated carbocycles. The van der Waals surface area contributed by atoms with Gasteiger partial charge in [0.2, 0.25) is 0 Å². The van der Waals surface area contributed by atoms with Crippen LogP contribution in [0.5, 0.6) is 0 Å². The Morgan fingerprint density at radius 3 is 2.72 bits per heavy atom. The molecule has 18 heavy (non-hydrogen) atoms. The van der Waals surface area contributed by atoms with Gasteiger partial charge in [0, 0.05) is 12.0 Å². The molecule has 1 aliphatic rings. The van der Waals surface area contributed by atoms with E-state index >= 15 is 0 Å². The molecule has 0 N–H and O–H groups in total. The molecule has 0 radical (unpaired) electrons. The fourth-order valence-electron chi connectivity index (χ4n) is 2.85. The highest BCUT2D eigenvalue weighted by molar-refractivity contribution is 6.42. The Bertz CT molecular complexity index is 444. The Hall–Kier alpha value is -0.500. The number of benzene rings is 1. The number of rotatable bonds is 4. The van der Waals surface area contributed by atoms with Gasteiger partial charge in [-0.05, 0) is 43.6 Å². The molecule has 3 heteroatoms. The van der Waals surface area contributed by atoms with Crippen molar-refractivity contribution in [3.63, 3.8) is 0 Å². The third-order valence-corrected chi connectivity index (χ3v) is 4.69. The second-order valence-corrected chi connectivity index (χ2v) is 5.84. The summed E-state index contributed by atoms with van der Waals surface area (Å²) < 4.78 is 0. The minimum Gasteiger partial charge on any atom is -0.303 e. The second kappa shape index (κ2) is 5.64. The third kappa shape index (κ3) is 2.59. The average molecular weight is 284 g/mol. The molecule has 1 aliphatic heterocycles. The van der Waals surface area contributed by atoms with E-state index in [1.165, 1.54) is 5.56 Å². The lowest BCUT2D eigenvalue weighted by molar-refractivity contribution is 0.325. The number of hydrogen-bond acceptors (Lipinski definition) is 1. The summed E-state index contributed by atoms with van der Waals surface area (Å²) in [7, 11) is 0. The monoisotopic (exact) mass is 283 g/mol. The van der Waals surface area contributed by atoms with E-state index in [9.17, 15) is 0 Å². The van der Waals surface area contributed by atoms with E-state index in [0.717, 1.165) is 32.5 Å². The molecule has 1 atom stereocenters. The van der Waals surface area contributed by atoms with Gasteiger partial charge in [-0.1, -0.05) is 42.3 Å². The van der Waals surface area contributed by atoms with Crippen LogP contribution in [-0.2, 0) is 5.41 Å². The van der Waals surface area contributed by atoms with Gasteiger partial charge in [-0.15, -0.1) is 6.58 Å². The molecule has 1 aromatic carbocycles. The number of nitrogens with zero attached hydrogens (tertiary/aromatic N) is 1. The van der Waals surface area contributed by atoms with E-state index in [4.69, 9.17) is 23.2 Å². The quantitative estimate of drug-likeness (QED) is 0.734. The van der Waals surface area contributed by atoms with Crippen LogP contribution in [0.1, 0.15) is 25.3 Å². The van der Waals surface area contributed by atoms with Gasteiger partial charge in [0.1, 0.15) is 0 Å². The van der Waals surface area contributed by atoms with Crippen molar-refractivity contribution < 1.29 is 0 Å². The van der Waals surface area contributed by atoms with Crippen molar-refractivity contribution >= 4 is 23.2 Å². The van der Waals surface area contributed by atoms with Crippen LogP contribution in [0.3, 0.4) is 0 Å². The van der Waals surface area contributed by atoms with E-state index < -0.39 is 0 Å². The van der Waals surface area contributed by atoms with Crippen LogP contribution in [0.4, 0.5) is 0 Å². The maximum Gasteiger partial charge on any atom is 0.0595 e. The third-order valence-electron chi connectivity index (χ3n) is 3.95. The summed E-state index contributed by atoms with van der Waals surface area (Å²) in [6.07, 6.45) is 4.16. The van der Waals surface area contributed by atoms with Crippen LogP contribution in [0.25, 0.3) is 0 Å². The molecule has 98 valence electrons. The molecule has 2 rings (SSSR count). The lowest BCUT2D eigenvalue weighted by atomic mass is 9.77. The van der Waals surface area contributed by atoms with Crippen LogP contribution < -0.4 is 0 Å². The van der Waals surface area contributed by atoms with E-state index in [0.29, 0.717) is 10.0 Å². The summed E-state index contributed by atoms with van der Waals surface area (Å²) in [5.41, 5.74) is 1.44. The van der Waals surface area contributed by atoms with Crippen LogP contribution in [0.2, 0.25) is 10.0 Å². The van der Waals surface area contributed by atoms with Crippen molar-refractivity contribution in [1.29, 1.82) is 0 Å². The van der Waals surface area contributed by atoms with Gasteiger partial charge >= 0.3 is 0 Å². The maximum atomic E-state index is 6.15. The van der Waals surface area contributed by atoms with Crippen molar-refractivity contribution in [3.05, 3.63) is 46.5 Å². The first-order valence-electron chi connectivity index (χ1n) is 6.40. The van der Waals surface area contributed by atoms with Crippen LogP contribution in [-0.4, -0.2) is 24.5 Å². The zero-order valence-corrected chi connectivity index (χ0v) is 12.3. The lowest BCUT2D eigenvalue weighted by Gasteiger charge is -2.29. The van der Waals surface area contributed by atoms with E-state index in [2.05, 4.69) is 24.5 Å². The van der Waals surface area contributed by atoms with Crippen LogP contribution in [0.15, 0.2) is 30.9 Å². The van der Waals surface area contributed by atoms with E-state index in [1.807, 2.05) is 18.2 Å². The number of allylic oxidation sites excluding steroid dienone is 1. The van der Waals surface area contributed by atoms with Gasteiger partial charge in [-0.3, -0.25) is 0 Å². The number of likely N-dealkylation sites (tertiary alicyclic amines) is 1. The maximum absolute atomic E-state index is 6.15. The lowest BCUT2D eigenvalue weighted by Crippen LogP contribution is -2.30. The number of hydrogen-bond donors (Lipinski definition) is 0. The fraction of sp³-hybridized carbons (Fsp3) is 0.467. The Morgan fingerprint density at radius 1 is 1.39 bits per heavy atom. The van der Waals surface area contributed by atoms with Crippen molar-refractivity contribution in [2.24, 2.45) is 0 Å². The summed E-state index contributed by atoms with van der Waals surface area (Å²) in [4.78, 5) is 2.48. The molecule has 1 heterocycles. The summed E-state index contributed by atoms with van der Waals surface area (Å²) in [5.74, 6) is 0. The normalized spacial score (nSPS) is 24.4. The Kier molecular flexibility index (Phi) is 4.37. The smallest absolute Gasteiger partial charge is 0.0595 e. The molecule has 1 aromatic rings. The zero-order chi connectivity index (χ0) is 13.2. The molecule has 1 fully saturated rings. The molecule has 1 saturated heterocycles. The van der Waals surface area contributed by atoms with Gasteiger partial charge in [0.15, 0.2) is 0 Å². The van der Waals surface area contributed by atoms with Gasteiger partial charge in [0.25, 0.3) is 0 Å². The highest BCUT2D eigenvalue weighted by Gasteiger charge is 2.38. The molecule has 0 aliphatic carbocycles. The summed E-state index contributed by atoms with van der Waals surface area (Å²) in [6.45, 7) is 9.43. The van der Waals surface area contributed by atoms with Gasteiger partial charge < -0.3 is 4.90 Å². The van der Waals surface area contributed by atoms with E-state index in [-0.39, 0.29) is 5.41 Å². The molecular weight excluding hydrogens is 265 g/mol. The Labute approximate surface area is 119 Å². The molecule has 0 amide bonds. The van der Waals surface area contributed by atoms with Gasteiger partial charge in [-0.25, -0.2) is 0 Å². The zero-order valence-electron chi connectivity index (χ0n) is 10.8. The molecule has 0 unspecified atom stereocenters. The first kappa shape index (κ1) is 13.9. The van der Waals surface area contributed by atoms with Crippen LogP contribution >= 0.6 is 23.2 Å². The van der Waals surface area contributed by atoms with E-state index in [1.54, 1.807) is 0 Å². The Morgan fingerprint density at radius 2 is 2.17 bits per heavy atom. The predicted octanol–water partition coefficient (Wildman–Crippen LogP) is 4.53. The molecule has 1 nitrogen and oxygen atoms in total. The van der Waals surface area contributed by atoms with Crippen LogP contribution in [0, 0.1) is 0 Å². The highest BCUT2D eigenvalue weighted by Crippen LogP contribution is 2.40. The van der Waals surface area contributed by atoms with Crippen molar-refractivity contribution in [2.75, 3.05) is 19.6 Å². The van der Waals surface area contributed by atoms with Crippen molar-refractivity contribution in [2.45, 2.75) is 25.2 Å². The second-order valence-electron chi connectivity index (χ2n) is 5.02. The SMILES string of the molecule is C=CC[C@@]1(c2ccc(Cl)c(Cl)c2)CCN(CC)C1. The largest absolute Gasteiger partial charge is 0.303 e. The standard InChI is InChI=1S/C15H19Cl2N/c1-3-7-15(8-9-18(4-2)11-15)12-5-6-13(16)14(17)10-12/h3,5-6,10H,1,4,7-9,11H2,2H3/t15-/m1/s1. The first-order valence-corrected chi connectivity index (χ1v) is 7.15. The molecular formula is C15H19Cl2N. The first-order chi connectivity index (χ1) is 8.61. The van der Waals surface area contributed by atoms with Gasteiger partial charge in [0.05, 0.1) is 10.0 Å². The minimum absolute atomic E-state index is 0.159. The fourth-order valence-corrected chi connectivity index (χ4v) is 3.15. The molecule has 0 spiro atoms.